The van der Waals surface area contributed by atoms with Crippen LogP contribution in [0.15, 0.2) is 4.79 Å². The Balaban J connectivity index is 3.09. The number of H-pyrrole nitrogens is 2. The Morgan fingerprint density at radius 3 is 2.73 bits per heavy atom. The number of hydrogen-bond donors (Lipinski definition) is 2. The maximum Gasteiger partial charge on any atom is 0.255 e. The van der Waals surface area contributed by atoms with Gasteiger partial charge in [0.2, 0.25) is 0 Å². The molecule has 0 fully saturated rings. The first-order valence-corrected chi connectivity index (χ1v) is 5.43. The molecule has 1 heterocycles. The maximum absolute atomic E-state index is 11.6. The van der Waals surface area contributed by atoms with Crippen molar-refractivity contribution in [1.82, 2.24) is 9.97 Å². The van der Waals surface area contributed by atoms with E-state index in [0.29, 0.717) is 11.4 Å². The number of ether oxygens (including phenoxy) is 1. The smallest absolute Gasteiger partial charge is 0.255 e. The molecule has 84 valence electrons. The Bertz CT molecular complexity index is 422. The van der Waals surface area contributed by atoms with Gasteiger partial charge in [0.05, 0.1) is 12.3 Å². The van der Waals surface area contributed by atoms with Gasteiger partial charge < -0.3 is 9.72 Å². The highest BCUT2D eigenvalue weighted by molar-refractivity contribution is 7.71. The minimum atomic E-state index is -0.0979. The molecule has 0 unspecified atom stereocenters. The minimum absolute atomic E-state index is 0.0979. The summed E-state index contributed by atoms with van der Waals surface area (Å²) in [5.41, 5.74) is 1.45. The van der Waals surface area contributed by atoms with Crippen LogP contribution < -0.4 is 5.56 Å². The zero-order chi connectivity index (χ0) is 11.3. The summed E-state index contributed by atoms with van der Waals surface area (Å²) in [4.78, 5) is 17.2. The lowest BCUT2D eigenvalue weighted by molar-refractivity contribution is 0.180. The SMILES string of the molecule is CCCCc1c(COC)[nH]c(=S)[nH]c1=O. The van der Waals surface area contributed by atoms with E-state index in [2.05, 4.69) is 16.9 Å². The molecule has 4 nitrogen and oxygen atoms in total. The van der Waals surface area contributed by atoms with Gasteiger partial charge in [-0.2, -0.15) is 0 Å². The van der Waals surface area contributed by atoms with Gasteiger partial charge in [-0.1, -0.05) is 13.3 Å². The van der Waals surface area contributed by atoms with Gasteiger partial charge in [0.1, 0.15) is 0 Å². The Morgan fingerprint density at radius 2 is 2.13 bits per heavy atom. The van der Waals surface area contributed by atoms with Gasteiger partial charge in [-0.3, -0.25) is 9.78 Å². The first kappa shape index (κ1) is 12.1. The second kappa shape index (κ2) is 5.82. The van der Waals surface area contributed by atoms with Gasteiger partial charge >= 0.3 is 0 Å². The van der Waals surface area contributed by atoms with Crippen LogP contribution >= 0.6 is 12.2 Å². The summed E-state index contributed by atoms with van der Waals surface area (Å²) in [6, 6.07) is 0. The van der Waals surface area contributed by atoms with Crippen LogP contribution in [0.2, 0.25) is 0 Å². The van der Waals surface area contributed by atoms with E-state index >= 15 is 0 Å². The highest BCUT2D eigenvalue weighted by Gasteiger charge is 2.07. The van der Waals surface area contributed by atoms with E-state index in [1.807, 2.05) is 0 Å². The number of hydrogen-bond acceptors (Lipinski definition) is 3. The van der Waals surface area contributed by atoms with Crippen LogP contribution in [0.3, 0.4) is 0 Å². The monoisotopic (exact) mass is 228 g/mol. The van der Waals surface area contributed by atoms with Crippen LogP contribution in [-0.2, 0) is 17.8 Å². The van der Waals surface area contributed by atoms with E-state index in [4.69, 9.17) is 17.0 Å². The fourth-order valence-corrected chi connectivity index (χ4v) is 1.66. The molecule has 0 bridgehead atoms. The van der Waals surface area contributed by atoms with Crippen molar-refractivity contribution in [3.8, 4) is 0 Å². The Labute approximate surface area is 93.7 Å². The maximum atomic E-state index is 11.6. The Kier molecular flexibility index (Phi) is 4.71. The molecular weight excluding hydrogens is 212 g/mol. The first-order valence-electron chi connectivity index (χ1n) is 5.02. The molecule has 2 N–H and O–H groups in total. The molecule has 0 radical (unpaired) electrons. The number of methoxy groups -OCH3 is 1. The average molecular weight is 228 g/mol. The summed E-state index contributed by atoms with van der Waals surface area (Å²) in [5.74, 6) is 0. The normalized spacial score (nSPS) is 10.5. The molecule has 0 aromatic carbocycles. The van der Waals surface area contributed by atoms with E-state index in [1.165, 1.54) is 0 Å². The van der Waals surface area contributed by atoms with Gasteiger partial charge in [0.25, 0.3) is 5.56 Å². The largest absolute Gasteiger partial charge is 0.378 e. The summed E-state index contributed by atoms with van der Waals surface area (Å²) >= 11 is 4.91. The highest BCUT2D eigenvalue weighted by Crippen LogP contribution is 2.05. The molecule has 1 rings (SSSR count). The van der Waals surface area contributed by atoms with Crippen molar-refractivity contribution < 1.29 is 4.74 Å². The summed E-state index contributed by atoms with van der Waals surface area (Å²) in [6.07, 6.45) is 2.81. The second-order valence-corrected chi connectivity index (χ2v) is 3.81. The standard InChI is InChI=1S/C10H16N2O2S/c1-3-4-5-7-8(6-14-2)11-10(15)12-9(7)13/h3-6H2,1-2H3,(H2,11,12,13,15). The Hall–Kier alpha value is -0.940. The minimum Gasteiger partial charge on any atom is -0.378 e. The third kappa shape index (κ3) is 3.28. The van der Waals surface area contributed by atoms with Crippen LogP contribution in [0.5, 0.6) is 0 Å². The third-order valence-electron chi connectivity index (χ3n) is 2.20. The van der Waals surface area contributed by atoms with Crippen molar-refractivity contribution >= 4 is 12.2 Å². The van der Waals surface area contributed by atoms with Gasteiger partial charge in [-0.25, -0.2) is 0 Å². The van der Waals surface area contributed by atoms with E-state index in [1.54, 1.807) is 7.11 Å². The van der Waals surface area contributed by atoms with Crippen LogP contribution in [0.25, 0.3) is 0 Å². The van der Waals surface area contributed by atoms with E-state index in [-0.39, 0.29) is 5.56 Å². The van der Waals surface area contributed by atoms with Crippen LogP contribution in [0.4, 0.5) is 0 Å². The summed E-state index contributed by atoms with van der Waals surface area (Å²) < 4.78 is 5.38. The van der Waals surface area contributed by atoms with Gasteiger partial charge in [-0.15, -0.1) is 0 Å². The third-order valence-corrected chi connectivity index (χ3v) is 2.40. The van der Waals surface area contributed by atoms with Crippen molar-refractivity contribution in [3.63, 3.8) is 0 Å². The van der Waals surface area contributed by atoms with Crippen molar-refractivity contribution in [2.75, 3.05) is 7.11 Å². The molecule has 0 saturated carbocycles. The molecule has 0 atom stereocenters. The van der Waals surface area contributed by atoms with Crippen molar-refractivity contribution in [2.24, 2.45) is 0 Å². The molecule has 0 saturated heterocycles. The number of nitrogens with one attached hydrogen (secondary N) is 2. The lowest BCUT2D eigenvalue weighted by atomic mass is 10.1. The van der Waals surface area contributed by atoms with E-state index in [0.717, 1.165) is 30.5 Å². The number of aromatic nitrogens is 2. The molecule has 5 heteroatoms. The molecule has 0 aliphatic heterocycles. The number of unbranched alkanes of at least 4 members (excludes halogenated alkanes) is 1. The topological polar surface area (TPSA) is 57.9 Å². The Morgan fingerprint density at radius 1 is 1.40 bits per heavy atom. The predicted octanol–water partition coefficient (Wildman–Crippen LogP) is 1.92. The molecule has 15 heavy (non-hydrogen) atoms. The van der Waals surface area contributed by atoms with Crippen molar-refractivity contribution in [3.05, 3.63) is 26.4 Å². The summed E-state index contributed by atoms with van der Waals surface area (Å²) in [5, 5.41) is 0. The van der Waals surface area contributed by atoms with Gasteiger partial charge in [0.15, 0.2) is 4.77 Å². The molecule has 0 spiro atoms. The lowest BCUT2D eigenvalue weighted by Crippen LogP contribution is -2.18. The number of rotatable bonds is 5. The van der Waals surface area contributed by atoms with Crippen LogP contribution in [0, 0.1) is 4.77 Å². The molecule has 0 aliphatic carbocycles. The van der Waals surface area contributed by atoms with Gasteiger partial charge in [-0.05, 0) is 25.1 Å². The molecule has 1 aromatic rings. The predicted molar refractivity (Wildman–Crippen MR) is 61.6 cm³/mol. The molecule has 0 aliphatic rings. The quantitative estimate of drug-likeness (QED) is 0.757. The summed E-state index contributed by atoms with van der Waals surface area (Å²) in [7, 11) is 1.60. The van der Waals surface area contributed by atoms with Crippen LogP contribution in [-0.4, -0.2) is 17.1 Å². The molecule has 0 amide bonds. The zero-order valence-corrected chi connectivity index (χ0v) is 9.87. The van der Waals surface area contributed by atoms with E-state index in [9.17, 15) is 4.79 Å². The fraction of sp³-hybridized carbons (Fsp3) is 0.600. The second-order valence-electron chi connectivity index (χ2n) is 3.40. The fourth-order valence-electron chi connectivity index (χ4n) is 1.44. The molecule has 1 aromatic heterocycles. The molecular formula is C10H16N2O2S. The highest BCUT2D eigenvalue weighted by atomic mass is 32.1. The summed E-state index contributed by atoms with van der Waals surface area (Å²) in [6.45, 7) is 2.49. The average Bonchev–Trinajstić information content (AvgIpc) is 2.17. The van der Waals surface area contributed by atoms with Gasteiger partial charge in [0, 0.05) is 12.7 Å². The lowest BCUT2D eigenvalue weighted by Gasteiger charge is -2.06. The van der Waals surface area contributed by atoms with Crippen molar-refractivity contribution in [2.45, 2.75) is 32.8 Å². The van der Waals surface area contributed by atoms with E-state index < -0.39 is 0 Å². The zero-order valence-electron chi connectivity index (χ0n) is 9.05. The van der Waals surface area contributed by atoms with Crippen LogP contribution in [0.1, 0.15) is 31.0 Å². The number of aromatic amines is 2. The van der Waals surface area contributed by atoms with Crippen molar-refractivity contribution in [1.29, 1.82) is 0 Å². The first-order chi connectivity index (χ1) is 7.19.